The molecular formula is C15H21N3O3. The Hall–Kier alpha value is -1.85. The van der Waals surface area contributed by atoms with E-state index in [0.717, 1.165) is 37.4 Å². The molecule has 0 bridgehead atoms. The first-order valence-electron chi connectivity index (χ1n) is 7.54. The third-order valence-electron chi connectivity index (χ3n) is 4.63. The Labute approximate surface area is 124 Å². The van der Waals surface area contributed by atoms with Gasteiger partial charge in [-0.3, -0.25) is 9.59 Å². The van der Waals surface area contributed by atoms with Crippen LogP contribution in [0.25, 0.3) is 0 Å². The fraction of sp³-hybridized carbons (Fsp3) is 0.667. The number of nitrogens with zero attached hydrogens (tertiary/aromatic N) is 3. The summed E-state index contributed by atoms with van der Waals surface area (Å²) in [4.78, 5) is 27.5. The lowest BCUT2D eigenvalue weighted by Gasteiger charge is -2.34. The molecule has 6 heteroatoms. The van der Waals surface area contributed by atoms with Gasteiger partial charge in [0.1, 0.15) is 11.8 Å². The van der Waals surface area contributed by atoms with Crippen molar-refractivity contribution >= 4 is 11.8 Å². The molecule has 0 radical (unpaired) electrons. The highest BCUT2D eigenvalue weighted by Crippen LogP contribution is 2.29. The standard InChI is InChI=1S/C15H21N3O3/c1-10-9-13(21-16-10)11-5-7-18(8-6-11)15(20)12-3-4-14(19)17(12)2/h9,11-12H,3-8H2,1-2H3/t12-/m1/s1. The molecule has 6 nitrogen and oxygen atoms in total. The molecule has 2 saturated heterocycles. The Morgan fingerprint density at radius 1 is 1.33 bits per heavy atom. The highest BCUT2D eigenvalue weighted by molar-refractivity contribution is 5.90. The Morgan fingerprint density at radius 3 is 2.57 bits per heavy atom. The molecular weight excluding hydrogens is 270 g/mol. The molecule has 0 saturated carbocycles. The Kier molecular flexibility index (Phi) is 3.69. The summed E-state index contributed by atoms with van der Waals surface area (Å²) in [5, 5.41) is 3.93. The van der Waals surface area contributed by atoms with Gasteiger partial charge in [0.25, 0.3) is 0 Å². The van der Waals surface area contributed by atoms with Crippen molar-refractivity contribution in [1.29, 1.82) is 0 Å². The first-order chi connectivity index (χ1) is 10.1. The molecule has 1 aromatic rings. The lowest BCUT2D eigenvalue weighted by Crippen LogP contribution is -2.47. The fourth-order valence-corrected chi connectivity index (χ4v) is 3.26. The molecule has 2 aliphatic heterocycles. The van der Waals surface area contributed by atoms with Crippen LogP contribution in [0.15, 0.2) is 10.6 Å². The molecule has 0 aromatic carbocycles. The fourth-order valence-electron chi connectivity index (χ4n) is 3.26. The second-order valence-corrected chi connectivity index (χ2v) is 6.03. The van der Waals surface area contributed by atoms with Crippen LogP contribution in [0.2, 0.25) is 0 Å². The van der Waals surface area contributed by atoms with Gasteiger partial charge in [0.05, 0.1) is 5.69 Å². The first-order valence-corrected chi connectivity index (χ1v) is 7.54. The number of piperidine rings is 1. The SMILES string of the molecule is Cc1cc(C2CCN(C(=O)[C@H]3CCC(=O)N3C)CC2)on1. The minimum absolute atomic E-state index is 0.0698. The summed E-state index contributed by atoms with van der Waals surface area (Å²) in [5.74, 6) is 1.43. The number of carbonyl (C=O) groups is 2. The molecule has 3 heterocycles. The van der Waals surface area contributed by atoms with Crippen molar-refractivity contribution in [3.63, 3.8) is 0 Å². The van der Waals surface area contributed by atoms with Gasteiger partial charge >= 0.3 is 0 Å². The highest BCUT2D eigenvalue weighted by Gasteiger charge is 2.37. The summed E-state index contributed by atoms with van der Waals surface area (Å²) < 4.78 is 5.32. The minimum Gasteiger partial charge on any atom is -0.361 e. The summed E-state index contributed by atoms with van der Waals surface area (Å²) in [5.41, 5.74) is 0.898. The number of likely N-dealkylation sites (tertiary alicyclic amines) is 2. The summed E-state index contributed by atoms with van der Waals surface area (Å²) in [6.07, 6.45) is 2.92. The summed E-state index contributed by atoms with van der Waals surface area (Å²) in [7, 11) is 1.72. The molecule has 0 spiro atoms. The van der Waals surface area contributed by atoms with Gasteiger partial charge in [-0.25, -0.2) is 0 Å². The molecule has 0 N–H and O–H groups in total. The van der Waals surface area contributed by atoms with Crippen LogP contribution in [-0.2, 0) is 9.59 Å². The van der Waals surface area contributed by atoms with Gasteiger partial charge in [0.2, 0.25) is 11.8 Å². The molecule has 0 unspecified atom stereocenters. The number of amides is 2. The molecule has 2 amide bonds. The zero-order chi connectivity index (χ0) is 15.0. The average molecular weight is 291 g/mol. The van der Waals surface area contributed by atoms with Crippen LogP contribution >= 0.6 is 0 Å². The monoisotopic (exact) mass is 291 g/mol. The summed E-state index contributed by atoms with van der Waals surface area (Å²) >= 11 is 0. The van der Waals surface area contributed by atoms with E-state index in [1.165, 1.54) is 0 Å². The topological polar surface area (TPSA) is 66.7 Å². The van der Waals surface area contributed by atoms with Gasteiger partial charge in [-0.1, -0.05) is 5.16 Å². The first kappa shape index (κ1) is 14.1. The summed E-state index contributed by atoms with van der Waals surface area (Å²) in [6, 6.07) is 1.72. The second kappa shape index (κ2) is 5.50. The third-order valence-corrected chi connectivity index (χ3v) is 4.63. The lowest BCUT2D eigenvalue weighted by atomic mass is 9.93. The van der Waals surface area contributed by atoms with Crippen molar-refractivity contribution in [2.24, 2.45) is 0 Å². The molecule has 1 atom stereocenters. The molecule has 3 rings (SSSR count). The van der Waals surface area contributed by atoms with E-state index in [-0.39, 0.29) is 17.9 Å². The number of rotatable bonds is 2. The van der Waals surface area contributed by atoms with Crippen molar-refractivity contribution in [3.8, 4) is 0 Å². The van der Waals surface area contributed by atoms with Gasteiger partial charge in [0, 0.05) is 38.5 Å². The maximum atomic E-state index is 12.5. The predicted octanol–water partition coefficient (Wildman–Crippen LogP) is 1.31. The number of carbonyl (C=O) groups excluding carboxylic acids is 2. The zero-order valence-corrected chi connectivity index (χ0v) is 12.5. The second-order valence-electron chi connectivity index (χ2n) is 6.03. The molecule has 2 aliphatic rings. The van der Waals surface area contributed by atoms with Crippen LogP contribution in [-0.4, -0.2) is 52.9 Å². The van der Waals surface area contributed by atoms with Gasteiger partial charge in [-0.15, -0.1) is 0 Å². The Morgan fingerprint density at radius 2 is 2.05 bits per heavy atom. The minimum atomic E-state index is -0.262. The van der Waals surface area contributed by atoms with Crippen molar-refractivity contribution in [3.05, 3.63) is 17.5 Å². The molecule has 2 fully saturated rings. The van der Waals surface area contributed by atoms with Crippen LogP contribution in [0.5, 0.6) is 0 Å². The van der Waals surface area contributed by atoms with E-state index in [2.05, 4.69) is 5.16 Å². The van der Waals surface area contributed by atoms with E-state index in [1.807, 2.05) is 17.9 Å². The van der Waals surface area contributed by atoms with E-state index < -0.39 is 0 Å². The number of hydrogen-bond donors (Lipinski definition) is 0. The van der Waals surface area contributed by atoms with Crippen molar-refractivity contribution in [1.82, 2.24) is 15.0 Å². The smallest absolute Gasteiger partial charge is 0.245 e. The zero-order valence-electron chi connectivity index (χ0n) is 12.5. The maximum absolute atomic E-state index is 12.5. The highest BCUT2D eigenvalue weighted by atomic mass is 16.5. The van der Waals surface area contributed by atoms with E-state index in [9.17, 15) is 9.59 Å². The van der Waals surface area contributed by atoms with E-state index >= 15 is 0 Å². The van der Waals surface area contributed by atoms with Crippen LogP contribution in [0, 0.1) is 6.92 Å². The van der Waals surface area contributed by atoms with Gasteiger partial charge < -0.3 is 14.3 Å². The van der Waals surface area contributed by atoms with Crippen LogP contribution in [0.4, 0.5) is 0 Å². The number of hydrogen-bond acceptors (Lipinski definition) is 4. The predicted molar refractivity (Wildman–Crippen MR) is 75.6 cm³/mol. The number of aromatic nitrogens is 1. The van der Waals surface area contributed by atoms with E-state index in [0.29, 0.717) is 18.8 Å². The Balaban J connectivity index is 1.58. The molecule has 0 aliphatic carbocycles. The van der Waals surface area contributed by atoms with Gasteiger partial charge in [0.15, 0.2) is 0 Å². The van der Waals surface area contributed by atoms with Crippen LogP contribution in [0.1, 0.15) is 43.1 Å². The molecule has 21 heavy (non-hydrogen) atoms. The number of likely N-dealkylation sites (N-methyl/N-ethyl adjacent to an activating group) is 1. The van der Waals surface area contributed by atoms with Gasteiger partial charge in [-0.2, -0.15) is 0 Å². The maximum Gasteiger partial charge on any atom is 0.245 e. The normalized spacial score (nSPS) is 23.9. The average Bonchev–Trinajstić information content (AvgIpc) is 3.06. The van der Waals surface area contributed by atoms with Crippen molar-refractivity contribution < 1.29 is 14.1 Å². The van der Waals surface area contributed by atoms with Crippen LogP contribution < -0.4 is 0 Å². The largest absolute Gasteiger partial charge is 0.361 e. The summed E-state index contributed by atoms with van der Waals surface area (Å²) in [6.45, 7) is 3.36. The van der Waals surface area contributed by atoms with Gasteiger partial charge in [-0.05, 0) is 26.2 Å². The quantitative estimate of drug-likeness (QED) is 0.824. The van der Waals surface area contributed by atoms with Crippen molar-refractivity contribution in [2.45, 2.75) is 44.6 Å². The lowest BCUT2D eigenvalue weighted by molar-refractivity contribution is -0.141. The molecule has 1 aromatic heterocycles. The Bertz CT molecular complexity index is 546. The number of aryl methyl sites for hydroxylation is 1. The van der Waals surface area contributed by atoms with E-state index in [1.54, 1.807) is 11.9 Å². The molecule has 114 valence electrons. The third kappa shape index (κ3) is 2.66. The van der Waals surface area contributed by atoms with Crippen molar-refractivity contribution in [2.75, 3.05) is 20.1 Å². The van der Waals surface area contributed by atoms with Crippen LogP contribution in [0.3, 0.4) is 0 Å². The van der Waals surface area contributed by atoms with E-state index in [4.69, 9.17) is 4.52 Å².